The second-order valence-corrected chi connectivity index (χ2v) is 9.75. The number of nitrogens with zero attached hydrogens (tertiary/aromatic N) is 3. The minimum atomic E-state index is -2.64. The summed E-state index contributed by atoms with van der Waals surface area (Å²) in [5, 5.41) is 33.8. The predicted molar refractivity (Wildman–Crippen MR) is 131 cm³/mol. The highest BCUT2D eigenvalue weighted by Gasteiger charge is 2.67. The maximum atomic E-state index is 13.2. The van der Waals surface area contributed by atoms with Gasteiger partial charge in [-0.15, -0.1) is 0 Å². The lowest BCUT2D eigenvalue weighted by Gasteiger charge is -2.29. The highest BCUT2D eigenvalue weighted by molar-refractivity contribution is 5.80. The molecule has 5 atom stereocenters. The zero-order valence-electron chi connectivity index (χ0n) is 20.6. The molecule has 2 aromatic carbocycles. The maximum Gasteiger partial charge on any atom is 0.263 e. The minimum absolute atomic E-state index is 0.0270. The van der Waals surface area contributed by atoms with Gasteiger partial charge in [-0.3, -0.25) is 0 Å². The van der Waals surface area contributed by atoms with Gasteiger partial charge in [-0.1, -0.05) is 54.6 Å². The first kappa shape index (κ1) is 25.1. The highest BCUT2D eigenvalue weighted by atomic mass is 19.3. The van der Waals surface area contributed by atoms with Crippen LogP contribution in [0.4, 0.5) is 8.78 Å². The van der Waals surface area contributed by atoms with E-state index in [2.05, 4.69) is 4.98 Å². The number of halogens is 2. The quantitative estimate of drug-likeness (QED) is 0.523. The van der Waals surface area contributed by atoms with Gasteiger partial charge in [-0.25, -0.2) is 13.8 Å². The number of nitriles is 1. The molecule has 1 aromatic heterocycles. The lowest BCUT2D eigenvalue weighted by molar-refractivity contribution is -0.101. The van der Waals surface area contributed by atoms with Crippen molar-refractivity contribution < 1.29 is 28.5 Å². The Labute approximate surface area is 213 Å². The van der Waals surface area contributed by atoms with E-state index in [1.807, 2.05) is 55.4 Å². The minimum Gasteiger partial charge on any atom is -0.485 e. The molecule has 192 valence electrons. The molecule has 0 amide bonds. The topological polar surface area (TPSA) is 98.8 Å². The zero-order chi connectivity index (χ0) is 26.5. The zero-order valence-corrected chi connectivity index (χ0v) is 20.6. The summed E-state index contributed by atoms with van der Waals surface area (Å²) in [6.07, 6.45) is -4.80. The van der Waals surface area contributed by atoms with Gasteiger partial charge in [-0.05, 0) is 25.2 Å². The lowest BCUT2D eigenvalue weighted by Crippen LogP contribution is -2.44. The first-order valence-corrected chi connectivity index (χ1v) is 11.9. The molecular formula is C28H27F2N3O4. The van der Waals surface area contributed by atoms with E-state index >= 15 is 0 Å². The number of hydrogen-bond donors (Lipinski definition) is 2. The van der Waals surface area contributed by atoms with Crippen LogP contribution in [0.1, 0.15) is 34.7 Å². The fourth-order valence-electron chi connectivity index (χ4n) is 5.81. The number of aromatic nitrogens is 1. The number of methoxy groups -OCH3 is 1. The van der Waals surface area contributed by atoms with Crippen molar-refractivity contribution in [2.45, 2.75) is 30.2 Å². The van der Waals surface area contributed by atoms with Gasteiger partial charge in [0.2, 0.25) is 5.88 Å². The lowest BCUT2D eigenvalue weighted by atomic mass is 9.86. The molecule has 0 bridgehead atoms. The largest absolute Gasteiger partial charge is 0.485 e. The van der Waals surface area contributed by atoms with E-state index in [4.69, 9.17) is 9.47 Å². The molecule has 2 N–H and O–H groups in total. The molecule has 5 unspecified atom stereocenters. The predicted octanol–water partition coefficient (Wildman–Crippen LogP) is 3.85. The average molecular weight is 508 g/mol. The van der Waals surface area contributed by atoms with Crippen molar-refractivity contribution in [2.75, 3.05) is 27.7 Å². The van der Waals surface area contributed by atoms with Gasteiger partial charge >= 0.3 is 0 Å². The van der Waals surface area contributed by atoms with E-state index in [0.717, 1.165) is 5.56 Å². The van der Waals surface area contributed by atoms with Crippen LogP contribution < -0.4 is 9.47 Å². The van der Waals surface area contributed by atoms with Gasteiger partial charge < -0.3 is 24.6 Å². The Bertz CT molecular complexity index is 1340. The van der Waals surface area contributed by atoms with E-state index in [0.29, 0.717) is 12.1 Å². The van der Waals surface area contributed by atoms with Crippen molar-refractivity contribution >= 4 is 0 Å². The molecule has 5 rings (SSSR count). The number of pyridine rings is 1. The monoisotopic (exact) mass is 507 g/mol. The summed E-state index contributed by atoms with van der Waals surface area (Å²) in [5.74, 6) is -0.667. The van der Waals surface area contributed by atoms with Crippen LogP contribution in [0, 0.1) is 17.2 Å². The number of ether oxygens (including phenoxy) is 2. The molecule has 9 heteroatoms. The van der Waals surface area contributed by atoms with Gasteiger partial charge in [0.05, 0.1) is 24.3 Å². The molecule has 0 spiro atoms. The molecule has 2 heterocycles. The van der Waals surface area contributed by atoms with E-state index in [1.54, 1.807) is 0 Å². The van der Waals surface area contributed by atoms with Crippen LogP contribution in [-0.2, 0) is 5.60 Å². The van der Waals surface area contributed by atoms with Crippen molar-refractivity contribution in [3.05, 3.63) is 77.0 Å². The Morgan fingerprint density at radius 2 is 1.84 bits per heavy atom. The molecule has 7 nitrogen and oxygen atoms in total. The number of fused-ring (bicyclic) bond motifs is 3. The van der Waals surface area contributed by atoms with Crippen molar-refractivity contribution in [3.8, 4) is 28.8 Å². The van der Waals surface area contributed by atoms with Crippen LogP contribution in [0.2, 0.25) is 0 Å². The summed E-state index contributed by atoms with van der Waals surface area (Å²) >= 11 is 0. The first-order valence-electron chi connectivity index (χ1n) is 11.9. The molecule has 1 fully saturated rings. The Morgan fingerprint density at radius 1 is 1.16 bits per heavy atom. The molecule has 3 aromatic rings. The first-order chi connectivity index (χ1) is 17.7. The van der Waals surface area contributed by atoms with Crippen LogP contribution in [-0.4, -0.2) is 60.1 Å². The van der Waals surface area contributed by atoms with Crippen LogP contribution >= 0.6 is 0 Å². The molecule has 37 heavy (non-hydrogen) atoms. The van der Waals surface area contributed by atoms with Gasteiger partial charge in [-0.2, -0.15) is 5.26 Å². The fourth-order valence-corrected chi connectivity index (χ4v) is 5.81. The Hall–Kier alpha value is -3.58. The molecule has 1 saturated carbocycles. The highest BCUT2D eigenvalue weighted by Crippen LogP contribution is 2.62. The summed E-state index contributed by atoms with van der Waals surface area (Å²) in [4.78, 5) is 6.29. The van der Waals surface area contributed by atoms with Gasteiger partial charge in [0.1, 0.15) is 17.9 Å². The number of rotatable bonds is 6. The second-order valence-electron chi connectivity index (χ2n) is 9.75. The SMILES string of the molecule is COc1nc(C#N)c(-c2ccc(C(F)F)cc2)c2c1C1(O)C(O)C(CN(C)C)C(c3ccccc3)C1O2. The number of benzene rings is 2. The Kier molecular flexibility index (Phi) is 6.36. The molecule has 0 radical (unpaired) electrons. The van der Waals surface area contributed by atoms with Gasteiger partial charge in [0.15, 0.2) is 11.3 Å². The Balaban J connectivity index is 1.74. The second kappa shape index (κ2) is 9.38. The smallest absolute Gasteiger partial charge is 0.263 e. The van der Waals surface area contributed by atoms with Gasteiger partial charge in [0.25, 0.3) is 6.43 Å². The van der Waals surface area contributed by atoms with E-state index in [1.165, 1.54) is 31.4 Å². The average Bonchev–Trinajstić information content (AvgIpc) is 3.30. The Morgan fingerprint density at radius 3 is 2.41 bits per heavy atom. The standard InChI is InChI=1S/C28H27F2N3O4/c1-33(2)14-18-20(15-7-5-4-6-8-15)25-28(35,24(18)34)22-23(37-25)21(19(13-31)32-27(22)36-3)16-9-11-17(12-10-16)26(29)30/h4-12,18,20,24-26,34-35H,14H2,1-3H3. The third kappa shape index (κ3) is 3.84. The third-order valence-electron chi connectivity index (χ3n) is 7.35. The van der Waals surface area contributed by atoms with Gasteiger partial charge in [0, 0.05) is 23.9 Å². The maximum absolute atomic E-state index is 13.2. The molecule has 1 aliphatic carbocycles. The van der Waals surface area contributed by atoms with E-state index in [9.17, 15) is 24.3 Å². The molecule has 1 aliphatic heterocycles. The number of aliphatic hydroxyl groups excluding tert-OH is 1. The van der Waals surface area contributed by atoms with Crippen LogP contribution in [0.3, 0.4) is 0 Å². The third-order valence-corrected chi connectivity index (χ3v) is 7.35. The van der Waals surface area contributed by atoms with Crippen LogP contribution in [0.15, 0.2) is 54.6 Å². The van der Waals surface area contributed by atoms with E-state index < -0.39 is 36.1 Å². The van der Waals surface area contributed by atoms with Crippen LogP contribution in [0.25, 0.3) is 11.1 Å². The summed E-state index contributed by atoms with van der Waals surface area (Å²) < 4.78 is 38.3. The van der Waals surface area contributed by atoms with Crippen molar-refractivity contribution in [1.82, 2.24) is 9.88 Å². The number of aliphatic hydroxyl groups is 2. The summed E-state index contributed by atoms with van der Waals surface area (Å²) in [5.41, 5.74) is -0.376. The summed E-state index contributed by atoms with van der Waals surface area (Å²) in [7, 11) is 5.15. The molecule has 2 aliphatic rings. The molecular weight excluding hydrogens is 480 g/mol. The van der Waals surface area contributed by atoms with E-state index in [-0.39, 0.29) is 34.0 Å². The normalized spacial score (nSPS) is 26.1. The van der Waals surface area contributed by atoms with Crippen molar-refractivity contribution in [1.29, 1.82) is 5.26 Å². The fraction of sp³-hybridized carbons (Fsp3) is 0.357. The van der Waals surface area contributed by atoms with Crippen molar-refractivity contribution in [2.24, 2.45) is 5.92 Å². The number of alkyl halides is 2. The van der Waals surface area contributed by atoms with Crippen LogP contribution in [0.5, 0.6) is 11.6 Å². The van der Waals surface area contributed by atoms with Crippen molar-refractivity contribution in [3.63, 3.8) is 0 Å². The number of hydrogen-bond acceptors (Lipinski definition) is 7. The summed E-state index contributed by atoms with van der Waals surface area (Å²) in [6.45, 7) is 0.478. The molecule has 0 saturated heterocycles. The summed E-state index contributed by atoms with van der Waals surface area (Å²) in [6, 6.07) is 17.0.